The highest BCUT2D eigenvalue weighted by atomic mass is 32.1. The molecule has 1 aliphatic rings. The Kier molecular flexibility index (Phi) is 6.83. The van der Waals surface area contributed by atoms with E-state index in [4.69, 9.17) is 4.74 Å². The summed E-state index contributed by atoms with van der Waals surface area (Å²) in [7, 11) is 1.66. The number of hydrogen-bond donors (Lipinski definition) is 1. The van der Waals surface area contributed by atoms with Crippen molar-refractivity contribution in [1.29, 1.82) is 0 Å². The SMILES string of the molecule is CCNC(=NCc1nc(C(F)(F)F)cs1)N1CCN(c2ccccc2OC)CC1. The maximum atomic E-state index is 12.7. The monoisotopic (exact) mass is 427 g/mol. The molecule has 0 unspecified atom stereocenters. The summed E-state index contributed by atoms with van der Waals surface area (Å²) in [5.41, 5.74) is 0.196. The van der Waals surface area contributed by atoms with E-state index in [1.807, 2.05) is 31.2 Å². The number of anilines is 1. The average Bonchev–Trinajstić information content (AvgIpc) is 3.21. The number of guanidine groups is 1. The molecule has 1 fully saturated rings. The lowest BCUT2D eigenvalue weighted by Crippen LogP contribution is -2.52. The van der Waals surface area contributed by atoms with E-state index in [-0.39, 0.29) is 6.54 Å². The van der Waals surface area contributed by atoms with Gasteiger partial charge < -0.3 is 19.9 Å². The van der Waals surface area contributed by atoms with Crippen LogP contribution in [0.5, 0.6) is 5.75 Å². The van der Waals surface area contributed by atoms with E-state index in [9.17, 15) is 13.2 Å². The number of nitrogens with zero attached hydrogens (tertiary/aromatic N) is 4. The van der Waals surface area contributed by atoms with Crippen molar-refractivity contribution in [3.8, 4) is 5.75 Å². The summed E-state index contributed by atoms with van der Waals surface area (Å²) in [5.74, 6) is 1.53. The third-order valence-electron chi connectivity index (χ3n) is 4.55. The number of piperazine rings is 1. The third kappa shape index (κ3) is 5.31. The zero-order valence-electron chi connectivity index (χ0n) is 16.4. The number of benzene rings is 1. The second-order valence-electron chi connectivity index (χ2n) is 6.44. The Morgan fingerprint density at radius 3 is 2.59 bits per heavy atom. The van der Waals surface area contributed by atoms with Gasteiger partial charge in [-0.25, -0.2) is 9.98 Å². The van der Waals surface area contributed by atoms with E-state index in [0.29, 0.717) is 17.5 Å². The minimum absolute atomic E-state index is 0.121. The molecular weight excluding hydrogens is 403 g/mol. The molecule has 0 amide bonds. The minimum atomic E-state index is -4.42. The van der Waals surface area contributed by atoms with Crippen LogP contribution in [0.25, 0.3) is 0 Å². The van der Waals surface area contributed by atoms with Crippen molar-refractivity contribution in [2.24, 2.45) is 4.99 Å². The molecule has 0 saturated carbocycles. The quantitative estimate of drug-likeness (QED) is 0.585. The number of hydrogen-bond acceptors (Lipinski definition) is 5. The van der Waals surface area contributed by atoms with Gasteiger partial charge in [0.1, 0.15) is 10.8 Å². The lowest BCUT2D eigenvalue weighted by Gasteiger charge is -2.38. The largest absolute Gasteiger partial charge is 0.495 e. The fourth-order valence-electron chi connectivity index (χ4n) is 3.13. The minimum Gasteiger partial charge on any atom is -0.495 e. The summed E-state index contributed by atoms with van der Waals surface area (Å²) >= 11 is 0.978. The lowest BCUT2D eigenvalue weighted by molar-refractivity contribution is -0.140. The molecule has 1 N–H and O–H groups in total. The number of alkyl halides is 3. The summed E-state index contributed by atoms with van der Waals surface area (Å²) in [6.07, 6.45) is -4.42. The number of halogens is 3. The molecule has 1 aliphatic heterocycles. The van der Waals surface area contributed by atoms with Gasteiger partial charge in [-0.3, -0.25) is 0 Å². The summed E-state index contributed by atoms with van der Waals surface area (Å²) < 4.78 is 43.6. The van der Waals surface area contributed by atoms with Crippen LogP contribution < -0.4 is 15.0 Å². The van der Waals surface area contributed by atoms with Crippen molar-refractivity contribution >= 4 is 23.0 Å². The highest BCUT2D eigenvalue weighted by Gasteiger charge is 2.33. The molecule has 0 bridgehead atoms. The van der Waals surface area contributed by atoms with E-state index in [1.54, 1.807) is 7.11 Å². The standard InChI is InChI=1S/C19H24F3N5OS/c1-3-23-18(24-12-17-25-16(13-29-17)19(20,21)22)27-10-8-26(9-11-27)14-6-4-5-7-15(14)28-2/h4-7,13H,3,8-12H2,1-2H3,(H,23,24). The van der Waals surface area contributed by atoms with Crippen molar-refractivity contribution in [1.82, 2.24) is 15.2 Å². The van der Waals surface area contributed by atoms with Gasteiger partial charge in [-0.1, -0.05) is 12.1 Å². The van der Waals surface area contributed by atoms with Gasteiger partial charge in [0.05, 0.1) is 19.3 Å². The van der Waals surface area contributed by atoms with E-state index in [2.05, 4.69) is 25.1 Å². The molecule has 6 nitrogen and oxygen atoms in total. The number of aliphatic imine (C=N–C) groups is 1. The van der Waals surface area contributed by atoms with Gasteiger partial charge in [0.25, 0.3) is 0 Å². The molecule has 1 aromatic heterocycles. The van der Waals surface area contributed by atoms with Crippen molar-refractivity contribution in [2.45, 2.75) is 19.6 Å². The molecular formula is C19H24F3N5OS. The van der Waals surface area contributed by atoms with Crippen LogP contribution >= 0.6 is 11.3 Å². The number of ether oxygens (including phenoxy) is 1. The highest BCUT2D eigenvalue weighted by molar-refractivity contribution is 7.09. The molecule has 1 aromatic carbocycles. The fourth-order valence-corrected chi connectivity index (χ4v) is 3.86. The van der Waals surface area contributed by atoms with E-state index in [0.717, 1.165) is 54.3 Å². The summed E-state index contributed by atoms with van der Waals surface area (Å²) in [5, 5.41) is 4.60. The Labute approximate surface area is 172 Å². The van der Waals surface area contributed by atoms with Gasteiger partial charge in [0.2, 0.25) is 0 Å². The number of rotatable bonds is 5. The van der Waals surface area contributed by atoms with Crippen molar-refractivity contribution in [3.63, 3.8) is 0 Å². The number of thiazole rings is 1. The number of nitrogens with one attached hydrogen (secondary N) is 1. The molecule has 2 aromatic rings. The molecule has 3 rings (SSSR count). The molecule has 158 valence electrons. The first kappa shape index (κ1) is 21.2. The third-order valence-corrected chi connectivity index (χ3v) is 5.38. The summed E-state index contributed by atoms with van der Waals surface area (Å²) in [6, 6.07) is 7.90. The first-order chi connectivity index (χ1) is 13.9. The van der Waals surface area contributed by atoms with Crippen LogP contribution in [0.15, 0.2) is 34.6 Å². The van der Waals surface area contributed by atoms with Crippen LogP contribution in [-0.4, -0.2) is 55.7 Å². The van der Waals surface area contributed by atoms with Crippen molar-refractivity contribution < 1.29 is 17.9 Å². The Morgan fingerprint density at radius 2 is 1.97 bits per heavy atom. The average molecular weight is 427 g/mol. The van der Waals surface area contributed by atoms with Crippen LogP contribution in [0.1, 0.15) is 17.6 Å². The summed E-state index contributed by atoms with van der Waals surface area (Å²) in [6.45, 7) is 5.84. The van der Waals surface area contributed by atoms with Crippen LogP contribution in [0.3, 0.4) is 0 Å². The van der Waals surface area contributed by atoms with Crippen LogP contribution in [-0.2, 0) is 12.7 Å². The van der Waals surface area contributed by atoms with Crippen molar-refractivity contribution in [2.75, 3.05) is 44.7 Å². The van der Waals surface area contributed by atoms with Crippen LogP contribution in [0.4, 0.5) is 18.9 Å². The fraction of sp³-hybridized carbons (Fsp3) is 0.474. The maximum Gasteiger partial charge on any atom is 0.434 e. The number of para-hydroxylation sites is 2. The Balaban J connectivity index is 1.64. The molecule has 0 aliphatic carbocycles. The zero-order chi connectivity index (χ0) is 20.9. The second kappa shape index (κ2) is 9.34. The topological polar surface area (TPSA) is 53.0 Å². The zero-order valence-corrected chi connectivity index (χ0v) is 17.2. The first-order valence-corrected chi connectivity index (χ1v) is 10.2. The molecule has 10 heteroatoms. The second-order valence-corrected chi connectivity index (χ2v) is 7.38. The van der Waals surface area contributed by atoms with E-state index >= 15 is 0 Å². The molecule has 1 saturated heterocycles. The molecule has 29 heavy (non-hydrogen) atoms. The Bertz CT molecular complexity index is 831. The van der Waals surface area contributed by atoms with Crippen LogP contribution in [0.2, 0.25) is 0 Å². The molecule has 0 radical (unpaired) electrons. The van der Waals surface area contributed by atoms with Gasteiger partial charge >= 0.3 is 6.18 Å². The van der Waals surface area contributed by atoms with Crippen LogP contribution in [0, 0.1) is 0 Å². The number of methoxy groups -OCH3 is 1. The van der Waals surface area contributed by atoms with Gasteiger partial charge in [-0.05, 0) is 19.1 Å². The predicted molar refractivity (Wildman–Crippen MR) is 109 cm³/mol. The normalized spacial score (nSPS) is 15.6. The van der Waals surface area contributed by atoms with E-state index in [1.165, 1.54) is 0 Å². The van der Waals surface area contributed by atoms with Crippen molar-refractivity contribution in [3.05, 3.63) is 40.3 Å². The molecule has 0 spiro atoms. The molecule has 0 atom stereocenters. The Hall–Kier alpha value is -2.49. The highest BCUT2D eigenvalue weighted by Crippen LogP contribution is 2.30. The van der Waals surface area contributed by atoms with Gasteiger partial charge in [-0.2, -0.15) is 13.2 Å². The number of aromatic nitrogens is 1. The first-order valence-electron chi connectivity index (χ1n) is 9.35. The molecule has 2 heterocycles. The summed E-state index contributed by atoms with van der Waals surface area (Å²) in [4.78, 5) is 12.5. The van der Waals surface area contributed by atoms with Gasteiger partial charge in [-0.15, -0.1) is 11.3 Å². The lowest BCUT2D eigenvalue weighted by atomic mass is 10.2. The maximum absolute atomic E-state index is 12.7. The Morgan fingerprint density at radius 1 is 1.24 bits per heavy atom. The van der Waals surface area contributed by atoms with E-state index < -0.39 is 11.9 Å². The predicted octanol–water partition coefficient (Wildman–Crippen LogP) is 3.46. The van der Waals surface area contributed by atoms with Gasteiger partial charge in [0.15, 0.2) is 11.7 Å². The smallest absolute Gasteiger partial charge is 0.434 e. The van der Waals surface area contributed by atoms with Gasteiger partial charge in [0, 0.05) is 38.1 Å².